The van der Waals surface area contributed by atoms with Gasteiger partial charge in [-0.1, -0.05) is 12.2 Å². The third-order valence-electron chi connectivity index (χ3n) is 6.77. The van der Waals surface area contributed by atoms with Crippen LogP contribution in [-0.2, 0) is 0 Å². The van der Waals surface area contributed by atoms with Crippen molar-refractivity contribution in [1.82, 2.24) is 20.2 Å². The molecule has 26 heavy (non-hydrogen) atoms. The van der Waals surface area contributed by atoms with Gasteiger partial charge in [0.15, 0.2) is 0 Å². The van der Waals surface area contributed by atoms with E-state index in [1.54, 1.807) is 0 Å². The molecule has 0 aromatic carbocycles. The third kappa shape index (κ3) is 3.21. The van der Waals surface area contributed by atoms with Crippen LogP contribution < -0.4 is 15.1 Å². The van der Waals surface area contributed by atoms with Crippen molar-refractivity contribution in [2.45, 2.75) is 38.8 Å². The van der Waals surface area contributed by atoms with Crippen LogP contribution in [0.4, 0.5) is 11.6 Å². The summed E-state index contributed by atoms with van der Waals surface area (Å²) in [6.45, 7) is 15.1. The summed E-state index contributed by atoms with van der Waals surface area (Å²) in [5.74, 6) is 0.761. The summed E-state index contributed by atoms with van der Waals surface area (Å²) >= 11 is 0. The van der Waals surface area contributed by atoms with Gasteiger partial charge < -0.3 is 15.1 Å². The first-order valence-electron chi connectivity index (χ1n) is 9.87. The summed E-state index contributed by atoms with van der Waals surface area (Å²) in [5, 5.41) is 3.43. The Bertz CT molecular complexity index is 637. The van der Waals surface area contributed by atoms with Crippen molar-refractivity contribution in [3.05, 3.63) is 24.5 Å². The van der Waals surface area contributed by atoms with E-state index in [1.807, 2.05) is 26.4 Å². The molecule has 3 fully saturated rings. The first-order chi connectivity index (χ1) is 12.5. The van der Waals surface area contributed by atoms with Crippen LogP contribution >= 0.6 is 0 Å². The van der Waals surface area contributed by atoms with Gasteiger partial charge in [0.1, 0.15) is 0 Å². The van der Waals surface area contributed by atoms with Crippen molar-refractivity contribution < 1.29 is 0 Å². The number of nitrogens with zero attached hydrogens (tertiary/aromatic N) is 5. The molecule has 6 nitrogen and oxygen atoms in total. The Morgan fingerprint density at radius 2 is 1.85 bits per heavy atom. The number of hydrogen-bond donors (Lipinski definition) is 1. The Labute approximate surface area is 157 Å². The van der Waals surface area contributed by atoms with Crippen LogP contribution in [0.1, 0.15) is 26.7 Å². The van der Waals surface area contributed by atoms with Gasteiger partial charge in [-0.05, 0) is 32.1 Å². The number of anilines is 2. The van der Waals surface area contributed by atoms with Crippen LogP contribution in [0.25, 0.3) is 0 Å². The molecule has 0 radical (unpaired) electrons. The predicted octanol–water partition coefficient (Wildman–Crippen LogP) is 1.75. The summed E-state index contributed by atoms with van der Waals surface area (Å²) in [6, 6.07) is 1.05. The fourth-order valence-electron chi connectivity index (χ4n) is 4.47. The van der Waals surface area contributed by atoms with Crippen molar-refractivity contribution in [1.29, 1.82) is 0 Å². The topological polar surface area (TPSA) is 47.5 Å². The minimum Gasteiger partial charge on any atom is -0.366 e. The Hall–Kier alpha value is -1.66. The zero-order valence-electron chi connectivity index (χ0n) is 16.4. The van der Waals surface area contributed by atoms with Gasteiger partial charge in [-0.3, -0.25) is 4.90 Å². The number of piperazine rings is 1. The maximum atomic E-state index is 4.59. The molecule has 3 aliphatic rings. The van der Waals surface area contributed by atoms with E-state index in [2.05, 4.69) is 43.5 Å². The molecule has 0 amide bonds. The Morgan fingerprint density at radius 3 is 2.35 bits per heavy atom. The molecule has 1 spiro atoms. The standard InChI is InChI=1S/C20H32N6/c1-15(2)16(3)24(4)19-22-11-18(12-23-19)26-7-5-25(6-8-26)17-9-20(10-17)13-21-14-20/h11-12,16-17,21H,1,5-10,13-14H2,2-4H3. The van der Waals surface area contributed by atoms with E-state index in [0.29, 0.717) is 5.41 Å². The van der Waals surface area contributed by atoms with Crippen LogP contribution in [0, 0.1) is 5.41 Å². The lowest BCUT2D eigenvalue weighted by Gasteiger charge is -2.58. The zero-order chi connectivity index (χ0) is 18.3. The Morgan fingerprint density at radius 1 is 1.23 bits per heavy atom. The molecule has 2 aliphatic heterocycles. The quantitative estimate of drug-likeness (QED) is 0.811. The molecule has 1 unspecified atom stereocenters. The molecule has 1 saturated carbocycles. The van der Waals surface area contributed by atoms with E-state index in [0.717, 1.165) is 49.4 Å². The van der Waals surface area contributed by atoms with Gasteiger partial charge in [0, 0.05) is 58.4 Å². The molecule has 0 bridgehead atoms. The normalized spacial score (nSPS) is 24.0. The highest BCUT2D eigenvalue weighted by molar-refractivity contribution is 5.46. The number of likely N-dealkylation sites (N-methyl/N-ethyl adjacent to an activating group) is 1. The molecule has 6 heteroatoms. The second-order valence-electron chi connectivity index (χ2n) is 8.56. The molecule has 1 aromatic heterocycles. The van der Waals surface area contributed by atoms with Gasteiger partial charge in [-0.15, -0.1) is 0 Å². The summed E-state index contributed by atoms with van der Waals surface area (Å²) < 4.78 is 0. The number of rotatable bonds is 5. The molecule has 4 rings (SSSR count). The molecule has 1 aliphatic carbocycles. The highest BCUT2D eigenvalue weighted by atomic mass is 15.3. The Balaban J connectivity index is 1.30. The SMILES string of the molecule is C=C(C)C(C)N(C)c1ncc(N2CCN(C3CC4(CNC4)C3)CC2)cn1. The van der Waals surface area contributed by atoms with Gasteiger partial charge >= 0.3 is 0 Å². The second kappa shape index (κ2) is 6.82. The summed E-state index contributed by atoms with van der Waals surface area (Å²) in [7, 11) is 2.02. The fourth-order valence-corrected chi connectivity index (χ4v) is 4.47. The largest absolute Gasteiger partial charge is 0.366 e. The van der Waals surface area contributed by atoms with Crippen LogP contribution in [-0.4, -0.2) is 73.3 Å². The fraction of sp³-hybridized carbons (Fsp3) is 0.700. The van der Waals surface area contributed by atoms with Crippen molar-refractivity contribution >= 4 is 11.6 Å². The molecule has 2 saturated heterocycles. The third-order valence-corrected chi connectivity index (χ3v) is 6.77. The van der Waals surface area contributed by atoms with Crippen molar-refractivity contribution in [3.8, 4) is 0 Å². The molecular weight excluding hydrogens is 324 g/mol. The number of nitrogens with one attached hydrogen (secondary N) is 1. The zero-order valence-corrected chi connectivity index (χ0v) is 16.4. The minimum absolute atomic E-state index is 0.237. The summed E-state index contributed by atoms with van der Waals surface area (Å²) in [4.78, 5) is 16.4. The van der Waals surface area contributed by atoms with Crippen molar-refractivity contribution in [3.63, 3.8) is 0 Å². The maximum absolute atomic E-state index is 4.59. The van der Waals surface area contributed by atoms with Crippen LogP contribution in [0.3, 0.4) is 0 Å². The van der Waals surface area contributed by atoms with E-state index in [9.17, 15) is 0 Å². The highest BCUT2D eigenvalue weighted by Crippen LogP contribution is 2.46. The van der Waals surface area contributed by atoms with E-state index in [-0.39, 0.29) is 6.04 Å². The average molecular weight is 357 g/mol. The molecule has 142 valence electrons. The van der Waals surface area contributed by atoms with Crippen molar-refractivity contribution in [2.75, 3.05) is 56.1 Å². The second-order valence-corrected chi connectivity index (χ2v) is 8.56. The van der Waals surface area contributed by atoms with Crippen LogP contribution in [0.15, 0.2) is 24.5 Å². The lowest BCUT2D eigenvalue weighted by molar-refractivity contribution is -0.0373. The summed E-state index contributed by atoms with van der Waals surface area (Å²) in [5.41, 5.74) is 2.92. The first-order valence-corrected chi connectivity index (χ1v) is 9.87. The van der Waals surface area contributed by atoms with Gasteiger partial charge in [0.2, 0.25) is 5.95 Å². The predicted molar refractivity (Wildman–Crippen MR) is 107 cm³/mol. The van der Waals surface area contributed by atoms with Crippen LogP contribution in [0.5, 0.6) is 0 Å². The van der Waals surface area contributed by atoms with Gasteiger partial charge in [0.05, 0.1) is 18.1 Å². The van der Waals surface area contributed by atoms with Crippen LogP contribution in [0.2, 0.25) is 0 Å². The van der Waals surface area contributed by atoms with Crippen molar-refractivity contribution in [2.24, 2.45) is 5.41 Å². The number of hydrogen-bond acceptors (Lipinski definition) is 6. The van der Waals surface area contributed by atoms with E-state index >= 15 is 0 Å². The number of aromatic nitrogens is 2. The summed E-state index contributed by atoms with van der Waals surface area (Å²) in [6.07, 6.45) is 6.73. The maximum Gasteiger partial charge on any atom is 0.225 e. The lowest BCUT2D eigenvalue weighted by atomic mass is 9.61. The van der Waals surface area contributed by atoms with E-state index in [1.165, 1.54) is 25.9 Å². The molecule has 1 atom stereocenters. The average Bonchev–Trinajstić information content (AvgIpc) is 2.59. The monoisotopic (exact) mass is 356 g/mol. The van der Waals surface area contributed by atoms with E-state index < -0.39 is 0 Å². The molecule has 3 heterocycles. The molecule has 1 aromatic rings. The smallest absolute Gasteiger partial charge is 0.225 e. The first kappa shape index (κ1) is 17.7. The van der Waals surface area contributed by atoms with E-state index in [4.69, 9.17) is 0 Å². The van der Waals surface area contributed by atoms with Gasteiger partial charge in [-0.25, -0.2) is 9.97 Å². The van der Waals surface area contributed by atoms with Gasteiger partial charge in [-0.2, -0.15) is 0 Å². The molecule has 1 N–H and O–H groups in total. The highest BCUT2D eigenvalue weighted by Gasteiger charge is 2.50. The molecular formula is C20H32N6. The lowest BCUT2D eigenvalue weighted by Crippen LogP contribution is -2.66. The van der Waals surface area contributed by atoms with Gasteiger partial charge in [0.25, 0.3) is 0 Å². The Kier molecular flexibility index (Phi) is 4.65. The minimum atomic E-state index is 0.237.